The van der Waals surface area contributed by atoms with E-state index in [1.54, 1.807) is 7.11 Å². The van der Waals surface area contributed by atoms with E-state index in [4.69, 9.17) is 4.74 Å². The molecule has 1 aromatic rings. The summed E-state index contributed by atoms with van der Waals surface area (Å²) in [5.41, 5.74) is 1.15. The second-order valence-electron chi connectivity index (χ2n) is 6.86. The lowest BCUT2D eigenvalue weighted by molar-refractivity contribution is -0.139. The average Bonchev–Trinajstić information content (AvgIpc) is 3.18. The van der Waals surface area contributed by atoms with Crippen molar-refractivity contribution in [3.05, 3.63) is 29.8 Å². The second kappa shape index (κ2) is 6.31. The SMILES string of the molecule is CCN(C(=O)C1CC2CCC1C2)C(C)c1cccc(OC)c1. The Balaban J connectivity index is 1.76. The fourth-order valence-electron chi connectivity index (χ4n) is 4.46. The first-order valence-corrected chi connectivity index (χ1v) is 8.58. The highest BCUT2D eigenvalue weighted by Crippen LogP contribution is 2.49. The van der Waals surface area contributed by atoms with Gasteiger partial charge in [0.25, 0.3) is 0 Å². The van der Waals surface area contributed by atoms with Gasteiger partial charge in [-0.15, -0.1) is 0 Å². The van der Waals surface area contributed by atoms with Gasteiger partial charge in [-0.2, -0.15) is 0 Å². The van der Waals surface area contributed by atoms with E-state index < -0.39 is 0 Å². The van der Waals surface area contributed by atoms with Crippen LogP contribution in [0, 0.1) is 17.8 Å². The number of rotatable bonds is 5. The summed E-state index contributed by atoms with van der Waals surface area (Å²) >= 11 is 0. The maximum absolute atomic E-state index is 13.0. The standard InChI is InChI=1S/C19H27NO2/c1-4-20(13(2)15-6-5-7-17(12-15)22-3)19(21)18-11-14-8-9-16(18)10-14/h5-7,12-14,16,18H,4,8-11H2,1-3H3. The highest BCUT2D eigenvalue weighted by molar-refractivity contribution is 5.80. The summed E-state index contributed by atoms with van der Waals surface area (Å²) in [4.78, 5) is 15.1. The normalized spacial score (nSPS) is 27.7. The minimum absolute atomic E-state index is 0.103. The summed E-state index contributed by atoms with van der Waals surface area (Å²) in [5.74, 6) is 2.94. The number of hydrogen-bond donors (Lipinski definition) is 0. The lowest BCUT2D eigenvalue weighted by Gasteiger charge is -2.33. The molecule has 0 saturated heterocycles. The smallest absolute Gasteiger partial charge is 0.226 e. The van der Waals surface area contributed by atoms with Crippen molar-refractivity contribution < 1.29 is 9.53 Å². The molecule has 2 saturated carbocycles. The molecule has 2 aliphatic rings. The monoisotopic (exact) mass is 301 g/mol. The molecular weight excluding hydrogens is 274 g/mol. The molecule has 3 nitrogen and oxygen atoms in total. The molecule has 3 heteroatoms. The second-order valence-corrected chi connectivity index (χ2v) is 6.86. The Bertz CT molecular complexity index is 542. The van der Waals surface area contributed by atoms with E-state index in [-0.39, 0.29) is 12.0 Å². The molecule has 4 atom stereocenters. The minimum Gasteiger partial charge on any atom is -0.497 e. The molecule has 3 rings (SSSR count). The Hall–Kier alpha value is -1.51. The van der Waals surface area contributed by atoms with Gasteiger partial charge in [0.2, 0.25) is 5.91 Å². The van der Waals surface area contributed by atoms with Gasteiger partial charge in [0, 0.05) is 12.5 Å². The van der Waals surface area contributed by atoms with Gasteiger partial charge in [-0.05, 0) is 62.6 Å². The molecule has 0 aliphatic heterocycles. The summed E-state index contributed by atoms with van der Waals surface area (Å²) < 4.78 is 5.32. The fraction of sp³-hybridized carbons (Fsp3) is 0.632. The number of methoxy groups -OCH3 is 1. The number of amides is 1. The molecule has 4 unspecified atom stereocenters. The fourth-order valence-corrected chi connectivity index (χ4v) is 4.46. The van der Waals surface area contributed by atoms with Gasteiger partial charge >= 0.3 is 0 Å². The first kappa shape index (κ1) is 15.4. The van der Waals surface area contributed by atoms with E-state index in [9.17, 15) is 4.79 Å². The van der Waals surface area contributed by atoms with Crippen LogP contribution in [0.2, 0.25) is 0 Å². The number of carbonyl (C=O) groups is 1. The van der Waals surface area contributed by atoms with E-state index in [0.29, 0.717) is 11.8 Å². The lowest BCUT2D eigenvalue weighted by Crippen LogP contribution is -2.39. The quantitative estimate of drug-likeness (QED) is 0.821. The number of nitrogens with zero attached hydrogens (tertiary/aromatic N) is 1. The third kappa shape index (κ3) is 2.73. The molecule has 2 bridgehead atoms. The van der Waals surface area contributed by atoms with Gasteiger partial charge in [0.15, 0.2) is 0 Å². The largest absolute Gasteiger partial charge is 0.497 e. The van der Waals surface area contributed by atoms with Gasteiger partial charge in [0.05, 0.1) is 13.2 Å². The van der Waals surface area contributed by atoms with E-state index in [0.717, 1.165) is 30.2 Å². The summed E-state index contributed by atoms with van der Waals surface area (Å²) in [6.07, 6.45) is 4.99. The van der Waals surface area contributed by atoms with Crippen molar-refractivity contribution in [1.82, 2.24) is 4.90 Å². The highest BCUT2D eigenvalue weighted by atomic mass is 16.5. The zero-order valence-corrected chi connectivity index (χ0v) is 13.9. The third-order valence-corrected chi connectivity index (χ3v) is 5.72. The molecule has 22 heavy (non-hydrogen) atoms. The summed E-state index contributed by atoms with van der Waals surface area (Å²) in [7, 11) is 1.68. The molecule has 1 aromatic carbocycles. The predicted octanol–water partition coefficient (Wildman–Crippen LogP) is 4.04. The topological polar surface area (TPSA) is 29.5 Å². The van der Waals surface area contributed by atoms with Crippen LogP contribution in [0.1, 0.15) is 51.1 Å². The van der Waals surface area contributed by atoms with E-state index in [2.05, 4.69) is 24.8 Å². The number of carbonyl (C=O) groups excluding carboxylic acids is 1. The van der Waals surface area contributed by atoms with Crippen LogP contribution in [0.15, 0.2) is 24.3 Å². The molecule has 2 fully saturated rings. The van der Waals surface area contributed by atoms with Crippen molar-refractivity contribution in [3.63, 3.8) is 0 Å². The third-order valence-electron chi connectivity index (χ3n) is 5.72. The van der Waals surface area contributed by atoms with Gasteiger partial charge in [-0.3, -0.25) is 4.79 Å². The highest BCUT2D eigenvalue weighted by Gasteiger charge is 2.44. The van der Waals surface area contributed by atoms with E-state index in [1.165, 1.54) is 19.3 Å². The van der Waals surface area contributed by atoms with E-state index in [1.807, 2.05) is 18.2 Å². The molecule has 1 amide bonds. The Morgan fingerprint density at radius 3 is 2.77 bits per heavy atom. The van der Waals surface area contributed by atoms with Crippen LogP contribution in [0.3, 0.4) is 0 Å². The van der Waals surface area contributed by atoms with Gasteiger partial charge < -0.3 is 9.64 Å². The number of fused-ring (bicyclic) bond motifs is 2. The Labute approximate surface area is 133 Å². The Kier molecular flexibility index (Phi) is 4.42. The maximum atomic E-state index is 13.0. The first-order valence-electron chi connectivity index (χ1n) is 8.58. The minimum atomic E-state index is 0.103. The molecule has 0 aromatic heterocycles. The van der Waals surface area contributed by atoms with Crippen molar-refractivity contribution in [2.45, 2.75) is 45.6 Å². The molecule has 120 valence electrons. The molecule has 0 N–H and O–H groups in total. The van der Waals surface area contributed by atoms with Crippen LogP contribution in [0.5, 0.6) is 5.75 Å². The van der Waals surface area contributed by atoms with Crippen LogP contribution in [0.4, 0.5) is 0 Å². The van der Waals surface area contributed by atoms with Gasteiger partial charge in [0.1, 0.15) is 5.75 Å². The molecule has 2 aliphatic carbocycles. The number of benzene rings is 1. The lowest BCUT2D eigenvalue weighted by atomic mass is 9.87. The molecule has 0 radical (unpaired) electrons. The van der Waals surface area contributed by atoms with Crippen LogP contribution in [-0.2, 0) is 4.79 Å². The zero-order chi connectivity index (χ0) is 15.7. The molecule has 0 spiro atoms. The first-order chi connectivity index (χ1) is 10.6. The van der Waals surface area contributed by atoms with Crippen LogP contribution < -0.4 is 4.74 Å². The maximum Gasteiger partial charge on any atom is 0.226 e. The van der Waals surface area contributed by atoms with E-state index >= 15 is 0 Å². The van der Waals surface area contributed by atoms with Crippen LogP contribution in [-0.4, -0.2) is 24.5 Å². The Morgan fingerprint density at radius 2 is 2.18 bits per heavy atom. The van der Waals surface area contributed by atoms with Gasteiger partial charge in [-0.25, -0.2) is 0 Å². The van der Waals surface area contributed by atoms with Crippen molar-refractivity contribution in [2.75, 3.05) is 13.7 Å². The summed E-state index contributed by atoms with van der Waals surface area (Å²) in [6.45, 7) is 4.98. The van der Waals surface area contributed by atoms with Crippen molar-refractivity contribution >= 4 is 5.91 Å². The summed E-state index contributed by atoms with van der Waals surface area (Å²) in [5, 5.41) is 0. The van der Waals surface area contributed by atoms with Crippen LogP contribution in [0.25, 0.3) is 0 Å². The summed E-state index contributed by atoms with van der Waals surface area (Å²) in [6, 6.07) is 8.18. The average molecular weight is 301 g/mol. The van der Waals surface area contributed by atoms with Crippen molar-refractivity contribution in [2.24, 2.45) is 17.8 Å². The predicted molar refractivity (Wildman–Crippen MR) is 87.7 cm³/mol. The van der Waals surface area contributed by atoms with Crippen molar-refractivity contribution in [1.29, 1.82) is 0 Å². The Morgan fingerprint density at radius 1 is 1.36 bits per heavy atom. The van der Waals surface area contributed by atoms with Crippen molar-refractivity contribution in [3.8, 4) is 5.75 Å². The molecule has 0 heterocycles. The van der Waals surface area contributed by atoms with Gasteiger partial charge in [-0.1, -0.05) is 18.6 Å². The number of hydrogen-bond acceptors (Lipinski definition) is 2. The van der Waals surface area contributed by atoms with Crippen LogP contribution >= 0.6 is 0 Å². The zero-order valence-electron chi connectivity index (χ0n) is 13.9. The number of ether oxygens (including phenoxy) is 1. The molecular formula is C19H27NO2.